The molecule has 0 saturated carbocycles. The van der Waals surface area contributed by atoms with E-state index in [1.165, 1.54) is 0 Å². The molecule has 6 nitrogen and oxygen atoms in total. The van der Waals surface area contributed by atoms with Crippen molar-refractivity contribution in [2.45, 2.75) is 18.9 Å². The standard InChI is InChI=1S/C13H17N3O3/c1-8-6-9(11(14)17)2-3-10(8)16-12(18)13(15)4-5-19-7-13/h2-3,6H,4-5,7,15H2,1H3,(H2,14,17)(H,16,18). The number of carbonyl (C=O) groups is 2. The van der Waals surface area contributed by atoms with Crippen LogP contribution in [0.3, 0.4) is 0 Å². The number of benzene rings is 1. The Morgan fingerprint density at radius 1 is 1.42 bits per heavy atom. The Kier molecular flexibility index (Phi) is 3.55. The number of aryl methyl sites for hydroxylation is 1. The normalized spacial score (nSPS) is 22.2. The molecule has 0 aromatic heterocycles. The fraction of sp³-hybridized carbons (Fsp3) is 0.385. The molecule has 1 fully saturated rings. The molecule has 1 heterocycles. The topological polar surface area (TPSA) is 107 Å². The zero-order valence-corrected chi connectivity index (χ0v) is 10.7. The molecule has 5 N–H and O–H groups in total. The fourth-order valence-corrected chi connectivity index (χ4v) is 1.96. The van der Waals surface area contributed by atoms with Crippen LogP contribution in [-0.4, -0.2) is 30.6 Å². The van der Waals surface area contributed by atoms with Crippen LogP contribution in [0.15, 0.2) is 18.2 Å². The van der Waals surface area contributed by atoms with Crippen LogP contribution in [-0.2, 0) is 9.53 Å². The monoisotopic (exact) mass is 263 g/mol. The van der Waals surface area contributed by atoms with Crippen molar-refractivity contribution in [1.82, 2.24) is 0 Å². The van der Waals surface area contributed by atoms with Crippen molar-refractivity contribution in [1.29, 1.82) is 0 Å². The van der Waals surface area contributed by atoms with Gasteiger partial charge in [-0.05, 0) is 37.1 Å². The van der Waals surface area contributed by atoms with Crippen LogP contribution >= 0.6 is 0 Å². The van der Waals surface area contributed by atoms with E-state index in [1.54, 1.807) is 25.1 Å². The average Bonchev–Trinajstić information content (AvgIpc) is 2.80. The Hall–Kier alpha value is -1.92. The molecule has 0 aliphatic carbocycles. The molecular weight excluding hydrogens is 246 g/mol. The Bertz CT molecular complexity index is 522. The van der Waals surface area contributed by atoms with E-state index in [2.05, 4.69) is 5.32 Å². The number of primary amides is 1. The summed E-state index contributed by atoms with van der Waals surface area (Å²) in [5, 5.41) is 2.76. The highest BCUT2D eigenvalue weighted by atomic mass is 16.5. The molecule has 1 unspecified atom stereocenters. The molecule has 1 aliphatic heterocycles. The first kappa shape index (κ1) is 13.5. The van der Waals surface area contributed by atoms with Crippen molar-refractivity contribution in [2.24, 2.45) is 11.5 Å². The molecule has 1 aromatic rings. The molecule has 102 valence electrons. The number of anilines is 1. The predicted octanol–water partition coefficient (Wildman–Crippen LogP) is 0.150. The van der Waals surface area contributed by atoms with E-state index in [0.717, 1.165) is 5.56 Å². The maximum absolute atomic E-state index is 12.1. The van der Waals surface area contributed by atoms with Gasteiger partial charge in [0.1, 0.15) is 5.54 Å². The molecule has 1 aromatic carbocycles. The second-order valence-corrected chi connectivity index (χ2v) is 4.81. The van der Waals surface area contributed by atoms with Gasteiger partial charge in [0, 0.05) is 17.9 Å². The maximum atomic E-state index is 12.1. The molecule has 2 amide bonds. The van der Waals surface area contributed by atoms with Gasteiger partial charge in [0.05, 0.1) is 6.61 Å². The first-order valence-corrected chi connectivity index (χ1v) is 6.01. The molecule has 0 spiro atoms. The van der Waals surface area contributed by atoms with Gasteiger partial charge in [-0.3, -0.25) is 9.59 Å². The number of nitrogens with one attached hydrogen (secondary N) is 1. The summed E-state index contributed by atoms with van der Waals surface area (Å²) in [6.07, 6.45) is 0.497. The van der Waals surface area contributed by atoms with E-state index in [0.29, 0.717) is 24.3 Å². The summed E-state index contributed by atoms with van der Waals surface area (Å²) >= 11 is 0. The molecule has 6 heteroatoms. The molecule has 1 aliphatic rings. The van der Waals surface area contributed by atoms with Crippen molar-refractivity contribution in [3.8, 4) is 0 Å². The van der Waals surface area contributed by atoms with Gasteiger partial charge in [-0.25, -0.2) is 0 Å². The summed E-state index contributed by atoms with van der Waals surface area (Å²) in [6.45, 7) is 2.50. The quantitative estimate of drug-likeness (QED) is 0.721. The van der Waals surface area contributed by atoms with Crippen LogP contribution < -0.4 is 16.8 Å². The zero-order chi connectivity index (χ0) is 14.0. The van der Waals surface area contributed by atoms with Crippen molar-refractivity contribution >= 4 is 17.5 Å². The highest BCUT2D eigenvalue weighted by Gasteiger charge is 2.38. The molecule has 2 rings (SSSR count). The molecular formula is C13H17N3O3. The first-order valence-electron chi connectivity index (χ1n) is 6.01. The van der Waals surface area contributed by atoms with Crippen molar-refractivity contribution in [3.05, 3.63) is 29.3 Å². The third kappa shape index (κ3) is 2.74. The first-order chi connectivity index (χ1) is 8.92. The van der Waals surface area contributed by atoms with Gasteiger partial charge in [0.25, 0.3) is 0 Å². The van der Waals surface area contributed by atoms with Gasteiger partial charge in [-0.1, -0.05) is 0 Å². The molecule has 1 atom stereocenters. The van der Waals surface area contributed by atoms with Gasteiger partial charge in [-0.15, -0.1) is 0 Å². The van der Waals surface area contributed by atoms with E-state index in [1.807, 2.05) is 0 Å². The van der Waals surface area contributed by atoms with Crippen LogP contribution in [0.25, 0.3) is 0 Å². The highest BCUT2D eigenvalue weighted by Crippen LogP contribution is 2.21. The number of amides is 2. The van der Waals surface area contributed by atoms with Crippen LogP contribution in [0, 0.1) is 6.92 Å². The Labute approximate surface area is 111 Å². The van der Waals surface area contributed by atoms with Crippen LogP contribution in [0.2, 0.25) is 0 Å². The molecule has 0 radical (unpaired) electrons. The lowest BCUT2D eigenvalue weighted by atomic mass is 9.98. The number of nitrogens with two attached hydrogens (primary N) is 2. The summed E-state index contributed by atoms with van der Waals surface area (Å²) in [5.74, 6) is -0.777. The summed E-state index contributed by atoms with van der Waals surface area (Å²) in [5.41, 5.74) is 12.0. The third-order valence-corrected chi connectivity index (χ3v) is 3.26. The second-order valence-electron chi connectivity index (χ2n) is 4.81. The minimum atomic E-state index is -0.977. The van der Waals surface area contributed by atoms with E-state index in [4.69, 9.17) is 16.2 Å². The number of rotatable bonds is 3. The second kappa shape index (κ2) is 4.99. The Morgan fingerprint density at radius 3 is 2.68 bits per heavy atom. The van der Waals surface area contributed by atoms with Crippen molar-refractivity contribution in [3.63, 3.8) is 0 Å². The zero-order valence-electron chi connectivity index (χ0n) is 10.7. The van der Waals surface area contributed by atoms with Crippen molar-refractivity contribution in [2.75, 3.05) is 18.5 Å². The van der Waals surface area contributed by atoms with Gasteiger partial charge in [0.15, 0.2) is 0 Å². The van der Waals surface area contributed by atoms with E-state index >= 15 is 0 Å². The lowest BCUT2D eigenvalue weighted by Crippen LogP contribution is -2.51. The minimum Gasteiger partial charge on any atom is -0.379 e. The number of ether oxygens (including phenoxy) is 1. The largest absolute Gasteiger partial charge is 0.379 e. The Balaban J connectivity index is 2.15. The van der Waals surface area contributed by atoms with Gasteiger partial charge in [0.2, 0.25) is 11.8 Å². The van der Waals surface area contributed by atoms with E-state index < -0.39 is 11.4 Å². The number of hydrogen-bond acceptors (Lipinski definition) is 4. The van der Waals surface area contributed by atoms with E-state index in [9.17, 15) is 9.59 Å². The van der Waals surface area contributed by atoms with Gasteiger partial charge >= 0.3 is 0 Å². The summed E-state index contributed by atoms with van der Waals surface area (Å²) in [4.78, 5) is 23.1. The van der Waals surface area contributed by atoms with Crippen LogP contribution in [0.4, 0.5) is 5.69 Å². The van der Waals surface area contributed by atoms with Crippen LogP contribution in [0.5, 0.6) is 0 Å². The Morgan fingerprint density at radius 2 is 2.16 bits per heavy atom. The number of carbonyl (C=O) groups excluding carboxylic acids is 2. The molecule has 0 bridgehead atoms. The smallest absolute Gasteiger partial charge is 0.248 e. The van der Waals surface area contributed by atoms with Gasteiger partial charge < -0.3 is 21.5 Å². The fourth-order valence-electron chi connectivity index (χ4n) is 1.96. The SMILES string of the molecule is Cc1cc(C(N)=O)ccc1NC(=O)C1(N)CCOC1. The predicted molar refractivity (Wildman–Crippen MR) is 70.7 cm³/mol. The van der Waals surface area contributed by atoms with Crippen molar-refractivity contribution < 1.29 is 14.3 Å². The van der Waals surface area contributed by atoms with Crippen LogP contribution in [0.1, 0.15) is 22.3 Å². The third-order valence-electron chi connectivity index (χ3n) is 3.26. The summed E-state index contributed by atoms with van der Waals surface area (Å²) in [6, 6.07) is 4.85. The highest BCUT2D eigenvalue weighted by molar-refractivity contribution is 5.99. The maximum Gasteiger partial charge on any atom is 0.248 e. The number of hydrogen-bond donors (Lipinski definition) is 3. The lowest BCUT2D eigenvalue weighted by molar-refractivity contribution is -0.121. The molecule has 1 saturated heterocycles. The minimum absolute atomic E-state index is 0.219. The summed E-state index contributed by atoms with van der Waals surface area (Å²) < 4.78 is 5.15. The molecule has 19 heavy (non-hydrogen) atoms. The lowest BCUT2D eigenvalue weighted by Gasteiger charge is -2.21. The summed E-state index contributed by atoms with van der Waals surface area (Å²) in [7, 11) is 0. The average molecular weight is 263 g/mol. The van der Waals surface area contributed by atoms with E-state index in [-0.39, 0.29) is 12.5 Å². The van der Waals surface area contributed by atoms with Gasteiger partial charge in [-0.2, -0.15) is 0 Å².